The molecular formula is C16H26N4O. The summed E-state index contributed by atoms with van der Waals surface area (Å²) in [7, 11) is 4.01. The zero-order valence-electron chi connectivity index (χ0n) is 13.5. The van der Waals surface area contributed by atoms with Gasteiger partial charge in [0.15, 0.2) is 0 Å². The second-order valence-corrected chi connectivity index (χ2v) is 5.86. The van der Waals surface area contributed by atoms with Gasteiger partial charge in [0, 0.05) is 38.1 Å². The molecule has 5 heteroatoms. The third kappa shape index (κ3) is 3.73. The molecule has 0 saturated carbocycles. The average Bonchev–Trinajstić information content (AvgIpc) is 2.84. The van der Waals surface area contributed by atoms with Crippen molar-refractivity contribution in [2.45, 2.75) is 32.7 Å². The van der Waals surface area contributed by atoms with E-state index in [2.05, 4.69) is 22.2 Å². The Morgan fingerprint density at radius 3 is 2.95 bits per heavy atom. The van der Waals surface area contributed by atoms with Crippen LogP contribution in [-0.2, 0) is 0 Å². The maximum atomic E-state index is 12.7. The first-order valence-electron chi connectivity index (χ1n) is 7.69. The summed E-state index contributed by atoms with van der Waals surface area (Å²) in [6.45, 7) is 6.66. The third-order valence-electron chi connectivity index (χ3n) is 4.14. The molecule has 5 nitrogen and oxygen atoms in total. The maximum absolute atomic E-state index is 12.7. The minimum absolute atomic E-state index is 0.0405. The third-order valence-corrected chi connectivity index (χ3v) is 4.14. The van der Waals surface area contributed by atoms with Crippen molar-refractivity contribution >= 4 is 11.6 Å². The van der Waals surface area contributed by atoms with Crippen molar-refractivity contribution < 1.29 is 4.79 Å². The Morgan fingerprint density at radius 1 is 1.57 bits per heavy atom. The van der Waals surface area contributed by atoms with E-state index in [0.717, 1.165) is 31.0 Å². The molecular weight excluding hydrogens is 264 g/mol. The molecule has 1 fully saturated rings. The number of rotatable bonds is 5. The summed E-state index contributed by atoms with van der Waals surface area (Å²) in [5, 5.41) is 3.26. The molecule has 21 heavy (non-hydrogen) atoms. The summed E-state index contributed by atoms with van der Waals surface area (Å²) in [6, 6.07) is 2.41. The van der Waals surface area contributed by atoms with Gasteiger partial charge in [-0.25, -0.2) is 0 Å². The van der Waals surface area contributed by atoms with Gasteiger partial charge in [-0.05, 0) is 46.3 Å². The van der Waals surface area contributed by atoms with Crippen LogP contribution < -0.4 is 5.32 Å². The Morgan fingerprint density at radius 2 is 2.33 bits per heavy atom. The highest BCUT2D eigenvalue weighted by Crippen LogP contribution is 2.20. The van der Waals surface area contributed by atoms with Gasteiger partial charge < -0.3 is 15.1 Å². The minimum Gasteiger partial charge on any atom is -0.385 e. The van der Waals surface area contributed by atoms with Crippen LogP contribution in [0.3, 0.4) is 0 Å². The van der Waals surface area contributed by atoms with E-state index in [0.29, 0.717) is 11.6 Å². The van der Waals surface area contributed by atoms with Gasteiger partial charge in [0.05, 0.1) is 11.3 Å². The quantitative estimate of drug-likeness (QED) is 0.901. The predicted molar refractivity (Wildman–Crippen MR) is 85.8 cm³/mol. The summed E-state index contributed by atoms with van der Waals surface area (Å²) in [5.74, 6) is 0.0405. The van der Waals surface area contributed by atoms with Crippen molar-refractivity contribution in [3.05, 3.63) is 23.5 Å². The number of hydrogen-bond donors (Lipinski definition) is 1. The molecule has 0 bridgehead atoms. The molecule has 1 aliphatic heterocycles. The Hall–Kier alpha value is -1.62. The van der Waals surface area contributed by atoms with Crippen molar-refractivity contribution in [2.75, 3.05) is 39.0 Å². The van der Waals surface area contributed by atoms with Crippen LogP contribution in [0.25, 0.3) is 0 Å². The van der Waals surface area contributed by atoms with Gasteiger partial charge in [-0.15, -0.1) is 0 Å². The van der Waals surface area contributed by atoms with E-state index < -0.39 is 0 Å². The molecule has 116 valence electrons. The average molecular weight is 290 g/mol. The fraction of sp³-hybridized carbons (Fsp3) is 0.625. The summed E-state index contributed by atoms with van der Waals surface area (Å²) in [5.41, 5.74) is 2.45. The van der Waals surface area contributed by atoms with Crippen LogP contribution in [0, 0.1) is 6.92 Å². The number of likely N-dealkylation sites (N-methyl/N-ethyl adjacent to an activating group) is 2. The van der Waals surface area contributed by atoms with Gasteiger partial charge in [0.1, 0.15) is 0 Å². The van der Waals surface area contributed by atoms with Crippen LogP contribution in [0.5, 0.6) is 0 Å². The van der Waals surface area contributed by atoms with Crippen molar-refractivity contribution in [1.29, 1.82) is 0 Å². The zero-order valence-corrected chi connectivity index (χ0v) is 13.5. The fourth-order valence-electron chi connectivity index (χ4n) is 2.88. The lowest BCUT2D eigenvalue weighted by molar-refractivity contribution is 0.0762. The molecule has 0 spiro atoms. The Labute approximate surface area is 127 Å². The SMILES string of the molecule is CCNc1cc(C)ncc1C(=O)N(C)CC1CCCN1C. The molecule has 1 atom stereocenters. The number of aromatic nitrogens is 1. The predicted octanol–water partition coefficient (Wildman–Crippen LogP) is 1.99. The number of nitrogens with one attached hydrogen (secondary N) is 1. The highest BCUT2D eigenvalue weighted by atomic mass is 16.2. The number of likely N-dealkylation sites (tertiary alicyclic amines) is 1. The highest BCUT2D eigenvalue weighted by Gasteiger charge is 2.25. The first-order chi connectivity index (χ1) is 10.0. The number of aryl methyl sites for hydroxylation is 1. The number of carbonyl (C=O) groups is 1. The molecule has 2 heterocycles. The van der Waals surface area contributed by atoms with E-state index in [1.165, 1.54) is 12.8 Å². The number of amides is 1. The Bertz CT molecular complexity index is 503. The van der Waals surface area contributed by atoms with E-state index in [-0.39, 0.29) is 5.91 Å². The summed E-state index contributed by atoms with van der Waals surface area (Å²) < 4.78 is 0. The van der Waals surface area contributed by atoms with Crippen LogP contribution in [0.1, 0.15) is 35.8 Å². The lowest BCUT2D eigenvalue weighted by Crippen LogP contribution is -2.39. The lowest BCUT2D eigenvalue weighted by atomic mass is 10.1. The normalized spacial score (nSPS) is 18.8. The molecule has 1 unspecified atom stereocenters. The van der Waals surface area contributed by atoms with E-state index in [4.69, 9.17) is 0 Å². The fourth-order valence-corrected chi connectivity index (χ4v) is 2.88. The van der Waals surface area contributed by atoms with E-state index >= 15 is 0 Å². The number of carbonyl (C=O) groups excluding carboxylic acids is 1. The van der Waals surface area contributed by atoms with Crippen LogP contribution >= 0.6 is 0 Å². The monoisotopic (exact) mass is 290 g/mol. The molecule has 2 rings (SSSR count). The lowest BCUT2D eigenvalue weighted by Gasteiger charge is -2.26. The van der Waals surface area contributed by atoms with Crippen LogP contribution in [0.4, 0.5) is 5.69 Å². The molecule has 1 aliphatic rings. The number of pyridine rings is 1. The maximum Gasteiger partial charge on any atom is 0.257 e. The number of hydrogen-bond acceptors (Lipinski definition) is 4. The van der Waals surface area contributed by atoms with Crippen LogP contribution in [0.15, 0.2) is 12.3 Å². The standard InChI is InChI=1S/C16H26N4O/c1-5-17-15-9-12(2)18-10-14(15)16(21)20(4)11-13-7-6-8-19(13)3/h9-10,13H,5-8,11H2,1-4H3,(H,17,18). The first kappa shape index (κ1) is 15.8. The largest absolute Gasteiger partial charge is 0.385 e. The molecule has 1 saturated heterocycles. The van der Waals surface area contributed by atoms with E-state index in [1.54, 1.807) is 6.20 Å². The molecule has 0 radical (unpaired) electrons. The van der Waals surface area contributed by atoms with Crippen molar-refractivity contribution in [2.24, 2.45) is 0 Å². The topological polar surface area (TPSA) is 48.5 Å². The van der Waals surface area contributed by atoms with Gasteiger partial charge in [-0.3, -0.25) is 9.78 Å². The molecule has 1 aromatic rings. The summed E-state index contributed by atoms with van der Waals surface area (Å²) >= 11 is 0. The van der Waals surface area contributed by atoms with Gasteiger partial charge in [-0.2, -0.15) is 0 Å². The molecule has 0 aromatic carbocycles. The van der Waals surface area contributed by atoms with Crippen molar-refractivity contribution in [3.63, 3.8) is 0 Å². The van der Waals surface area contributed by atoms with E-state index in [9.17, 15) is 4.79 Å². The minimum atomic E-state index is 0.0405. The van der Waals surface area contributed by atoms with Gasteiger partial charge in [-0.1, -0.05) is 0 Å². The second kappa shape index (κ2) is 6.89. The Balaban J connectivity index is 2.11. The molecule has 0 aliphatic carbocycles. The van der Waals surface area contributed by atoms with Crippen molar-refractivity contribution in [1.82, 2.24) is 14.8 Å². The summed E-state index contributed by atoms with van der Waals surface area (Å²) in [4.78, 5) is 21.1. The van der Waals surface area contributed by atoms with Crippen molar-refractivity contribution in [3.8, 4) is 0 Å². The van der Waals surface area contributed by atoms with Gasteiger partial charge >= 0.3 is 0 Å². The van der Waals surface area contributed by atoms with Gasteiger partial charge in [0.2, 0.25) is 0 Å². The summed E-state index contributed by atoms with van der Waals surface area (Å²) in [6.07, 6.45) is 4.07. The second-order valence-electron chi connectivity index (χ2n) is 5.86. The first-order valence-corrected chi connectivity index (χ1v) is 7.69. The van der Waals surface area contributed by atoms with E-state index in [1.807, 2.05) is 31.9 Å². The smallest absolute Gasteiger partial charge is 0.257 e. The number of anilines is 1. The molecule has 1 amide bonds. The molecule has 1 aromatic heterocycles. The number of nitrogens with zero attached hydrogens (tertiary/aromatic N) is 3. The van der Waals surface area contributed by atoms with Gasteiger partial charge in [0.25, 0.3) is 5.91 Å². The van der Waals surface area contributed by atoms with Crippen LogP contribution in [-0.4, -0.2) is 60.5 Å². The highest BCUT2D eigenvalue weighted by molar-refractivity contribution is 5.99. The van der Waals surface area contributed by atoms with Crippen LogP contribution in [0.2, 0.25) is 0 Å². The zero-order chi connectivity index (χ0) is 15.4. The Kier molecular flexibility index (Phi) is 5.17. The molecule has 1 N–H and O–H groups in total.